The molecule has 15 heavy (non-hydrogen) atoms. The Balaban J connectivity index is 2.73. The molecule has 0 spiro atoms. The zero-order chi connectivity index (χ0) is 11.4. The summed E-state index contributed by atoms with van der Waals surface area (Å²) in [6, 6.07) is 1.73. The van der Waals surface area contributed by atoms with Crippen molar-refractivity contribution < 1.29 is 19.0 Å². The Morgan fingerprint density at radius 3 is 2.60 bits per heavy atom. The average molecular weight is 238 g/mol. The number of nitrogens with one attached hydrogen (secondary N) is 1. The number of hydrogen-bond acceptors (Lipinski definition) is 3. The monoisotopic (exact) mass is 237 g/mol. The molecule has 1 atom stereocenters. The minimum Gasteiger partial charge on any atom is -0.394 e. The van der Waals surface area contributed by atoms with E-state index in [9.17, 15) is 8.78 Å². The van der Waals surface area contributed by atoms with Gasteiger partial charge in [0.25, 0.3) is 0 Å². The number of halogens is 3. The third kappa shape index (κ3) is 3.30. The van der Waals surface area contributed by atoms with Crippen molar-refractivity contribution in [2.24, 2.45) is 0 Å². The summed E-state index contributed by atoms with van der Waals surface area (Å²) in [5.74, 6) is -1.65. The molecule has 0 aliphatic carbocycles. The van der Waals surface area contributed by atoms with E-state index in [0.717, 1.165) is 6.07 Å². The summed E-state index contributed by atoms with van der Waals surface area (Å²) in [7, 11) is 0. The first-order valence-corrected chi connectivity index (χ1v) is 4.59. The molecule has 0 aliphatic heterocycles. The van der Waals surface area contributed by atoms with Gasteiger partial charge in [-0.05, 0) is 6.07 Å². The molecule has 0 amide bonds. The first kappa shape index (κ1) is 12.2. The van der Waals surface area contributed by atoms with Gasteiger partial charge in [0.15, 0.2) is 0 Å². The predicted molar refractivity (Wildman–Crippen MR) is 53.0 cm³/mol. The quantitative estimate of drug-likeness (QED) is 0.694. The SMILES string of the molecule is OCC(O)CNc1cc(Cl)c(F)cc1F. The van der Waals surface area contributed by atoms with E-state index in [4.69, 9.17) is 21.8 Å². The van der Waals surface area contributed by atoms with Gasteiger partial charge in [0.05, 0.1) is 23.4 Å². The second-order valence-corrected chi connectivity index (χ2v) is 3.37. The second-order valence-electron chi connectivity index (χ2n) is 2.96. The fraction of sp³-hybridized carbons (Fsp3) is 0.333. The highest BCUT2D eigenvalue weighted by Gasteiger charge is 2.09. The van der Waals surface area contributed by atoms with Crippen LogP contribution in [0.15, 0.2) is 12.1 Å². The van der Waals surface area contributed by atoms with Gasteiger partial charge in [0, 0.05) is 12.6 Å². The van der Waals surface area contributed by atoms with Crippen LogP contribution >= 0.6 is 11.6 Å². The number of benzene rings is 1. The van der Waals surface area contributed by atoms with Crippen molar-refractivity contribution in [2.45, 2.75) is 6.10 Å². The van der Waals surface area contributed by atoms with Crippen LogP contribution in [0.2, 0.25) is 5.02 Å². The molecule has 0 fully saturated rings. The van der Waals surface area contributed by atoms with E-state index in [0.29, 0.717) is 6.07 Å². The van der Waals surface area contributed by atoms with E-state index in [1.807, 2.05) is 0 Å². The van der Waals surface area contributed by atoms with Crippen molar-refractivity contribution in [2.75, 3.05) is 18.5 Å². The van der Waals surface area contributed by atoms with Crippen LogP contribution in [0.5, 0.6) is 0 Å². The first-order valence-electron chi connectivity index (χ1n) is 4.22. The number of aliphatic hydroxyl groups is 2. The number of aliphatic hydroxyl groups excluding tert-OH is 2. The van der Waals surface area contributed by atoms with Crippen LogP contribution in [0.1, 0.15) is 0 Å². The van der Waals surface area contributed by atoms with Crippen molar-refractivity contribution >= 4 is 17.3 Å². The Bertz CT molecular complexity index is 349. The zero-order valence-electron chi connectivity index (χ0n) is 7.67. The van der Waals surface area contributed by atoms with Crippen molar-refractivity contribution in [3.63, 3.8) is 0 Å². The molecule has 0 saturated heterocycles. The fourth-order valence-electron chi connectivity index (χ4n) is 0.950. The van der Waals surface area contributed by atoms with Crippen molar-refractivity contribution in [1.82, 2.24) is 0 Å². The maximum atomic E-state index is 13.1. The van der Waals surface area contributed by atoms with Gasteiger partial charge in [-0.1, -0.05) is 11.6 Å². The first-order chi connectivity index (χ1) is 7.04. The molecule has 1 aromatic rings. The lowest BCUT2D eigenvalue weighted by molar-refractivity contribution is 0.105. The topological polar surface area (TPSA) is 52.5 Å². The summed E-state index contributed by atoms with van der Waals surface area (Å²) in [6.07, 6.45) is -1.01. The lowest BCUT2D eigenvalue weighted by Crippen LogP contribution is -2.23. The van der Waals surface area contributed by atoms with Crippen LogP contribution in [0.25, 0.3) is 0 Å². The molecule has 0 aliphatic rings. The summed E-state index contributed by atoms with van der Waals surface area (Å²) >= 11 is 5.44. The van der Waals surface area contributed by atoms with E-state index in [1.165, 1.54) is 0 Å². The normalized spacial score (nSPS) is 12.6. The highest BCUT2D eigenvalue weighted by Crippen LogP contribution is 2.22. The Kier molecular flexibility index (Phi) is 4.26. The number of anilines is 1. The standard InChI is InChI=1S/C9H10ClF2NO2/c10-6-1-9(8(12)2-7(6)11)13-3-5(15)4-14/h1-2,5,13-15H,3-4H2. The summed E-state index contributed by atoms with van der Waals surface area (Å²) in [5.41, 5.74) is -0.0195. The Morgan fingerprint density at radius 1 is 1.33 bits per heavy atom. The van der Waals surface area contributed by atoms with E-state index in [2.05, 4.69) is 5.32 Å². The van der Waals surface area contributed by atoms with Crippen LogP contribution in [0, 0.1) is 11.6 Å². The van der Waals surface area contributed by atoms with E-state index in [1.54, 1.807) is 0 Å². The molecular formula is C9H10ClF2NO2. The van der Waals surface area contributed by atoms with Gasteiger partial charge in [-0.2, -0.15) is 0 Å². The molecule has 1 aromatic carbocycles. The van der Waals surface area contributed by atoms with Gasteiger partial charge < -0.3 is 15.5 Å². The van der Waals surface area contributed by atoms with Gasteiger partial charge >= 0.3 is 0 Å². The summed E-state index contributed by atoms with van der Waals surface area (Å²) in [4.78, 5) is 0. The summed E-state index contributed by atoms with van der Waals surface area (Å²) < 4.78 is 25.8. The van der Waals surface area contributed by atoms with Gasteiger partial charge in [-0.15, -0.1) is 0 Å². The fourth-order valence-corrected chi connectivity index (χ4v) is 1.11. The average Bonchev–Trinajstić information content (AvgIpc) is 2.21. The minimum absolute atomic E-state index is 0.0195. The maximum Gasteiger partial charge on any atom is 0.149 e. The summed E-state index contributed by atoms with van der Waals surface area (Å²) in [5, 5.41) is 19.8. The molecule has 1 unspecified atom stereocenters. The molecular weight excluding hydrogens is 228 g/mol. The maximum absolute atomic E-state index is 13.1. The molecule has 6 heteroatoms. The highest BCUT2D eigenvalue weighted by atomic mass is 35.5. The van der Waals surface area contributed by atoms with Gasteiger partial charge in [-0.25, -0.2) is 8.78 Å². The van der Waals surface area contributed by atoms with Gasteiger partial charge in [-0.3, -0.25) is 0 Å². The highest BCUT2D eigenvalue weighted by molar-refractivity contribution is 6.31. The third-order valence-corrected chi connectivity index (χ3v) is 2.04. The van der Waals surface area contributed by atoms with Crippen LogP contribution < -0.4 is 5.32 Å². The van der Waals surface area contributed by atoms with Crippen LogP contribution in [0.3, 0.4) is 0 Å². The Morgan fingerprint density at radius 2 is 2.00 bits per heavy atom. The lowest BCUT2D eigenvalue weighted by atomic mass is 10.2. The largest absolute Gasteiger partial charge is 0.394 e. The van der Waals surface area contributed by atoms with E-state index < -0.39 is 24.3 Å². The molecule has 0 radical (unpaired) electrons. The number of rotatable bonds is 4. The predicted octanol–water partition coefficient (Wildman–Crippen LogP) is 1.38. The Hall–Kier alpha value is -0.910. The molecule has 3 N–H and O–H groups in total. The van der Waals surface area contributed by atoms with Gasteiger partial charge in [0.1, 0.15) is 11.6 Å². The molecule has 0 heterocycles. The molecule has 3 nitrogen and oxygen atoms in total. The minimum atomic E-state index is -1.01. The van der Waals surface area contributed by atoms with Crippen molar-refractivity contribution in [3.8, 4) is 0 Å². The smallest absolute Gasteiger partial charge is 0.149 e. The van der Waals surface area contributed by atoms with Crippen LogP contribution in [-0.2, 0) is 0 Å². The zero-order valence-corrected chi connectivity index (χ0v) is 8.43. The molecule has 0 aromatic heterocycles. The van der Waals surface area contributed by atoms with E-state index >= 15 is 0 Å². The van der Waals surface area contributed by atoms with Crippen molar-refractivity contribution in [1.29, 1.82) is 0 Å². The molecule has 0 bridgehead atoms. The van der Waals surface area contributed by atoms with E-state index in [-0.39, 0.29) is 17.3 Å². The molecule has 84 valence electrons. The van der Waals surface area contributed by atoms with Crippen LogP contribution in [0.4, 0.5) is 14.5 Å². The Labute approximate surface area is 90.3 Å². The summed E-state index contributed by atoms with van der Waals surface area (Å²) in [6.45, 7) is -0.487. The van der Waals surface area contributed by atoms with Crippen molar-refractivity contribution in [3.05, 3.63) is 28.8 Å². The van der Waals surface area contributed by atoms with Crippen LogP contribution in [-0.4, -0.2) is 29.5 Å². The molecule has 1 rings (SSSR count). The third-order valence-electron chi connectivity index (χ3n) is 1.75. The number of hydrogen-bond donors (Lipinski definition) is 3. The molecule has 0 saturated carbocycles. The van der Waals surface area contributed by atoms with Gasteiger partial charge in [0.2, 0.25) is 0 Å². The second kappa shape index (κ2) is 5.25. The lowest BCUT2D eigenvalue weighted by Gasteiger charge is -2.11.